The average Bonchev–Trinajstić information content (AvgIpc) is 2.76. The van der Waals surface area contributed by atoms with E-state index in [1.807, 2.05) is 0 Å². The third-order valence-corrected chi connectivity index (χ3v) is 3.71. The van der Waals surface area contributed by atoms with E-state index in [1.54, 1.807) is 0 Å². The standard InChI is InChI=1S/C12H24N2O/c1-2-13-9-11-3-6-14(10-11)12-4-7-15-8-5-12/h11-13H,2-10H2,1H3. The van der Waals surface area contributed by atoms with E-state index in [9.17, 15) is 0 Å². The molecule has 2 saturated heterocycles. The highest BCUT2D eigenvalue weighted by Gasteiger charge is 2.28. The molecule has 2 fully saturated rings. The summed E-state index contributed by atoms with van der Waals surface area (Å²) in [6.07, 6.45) is 3.87. The maximum Gasteiger partial charge on any atom is 0.0480 e. The van der Waals surface area contributed by atoms with Gasteiger partial charge in [-0.1, -0.05) is 6.92 Å². The quantitative estimate of drug-likeness (QED) is 0.755. The van der Waals surface area contributed by atoms with Crippen molar-refractivity contribution in [3.05, 3.63) is 0 Å². The monoisotopic (exact) mass is 212 g/mol. The predicted molar refractivity (Wildman–Crippen MR) is 62.1 cm³/mol. The van der Waals surface area contributed by atoms with Crippen molar-refractivity contribution in [2.24, 2.45) is 5.92 Å². The predicted octanol–water partition coefficient (Wildman–Crippen LogP) is 1.10. The minimum atomic E-state index is 0.811. The Hall–Kier alpha value is -0.120. The van der Waals surface area contributed by atoms with Gasteiger partial charge in [0.2, 0.25) is 0 Å². The number of hydrogen-bond acceptors (Lipinski definition) is 3. The van der Waals surface area contributed by atoms with E-state index >= 15 is 0 Å². The fourth-order valence-electron chi connectivity index (χ4n) is 2.76. The van der Waals surface area contributed by atoms with Gasteiger partial charge in [-0.25, -0.2) is 0 Å². The zero-order valence-electron chi connectivity index (χ0n) is 9.87. The molecule has 0 aromatic heterocycles. The Balaban J connectivity index is 1.71. The first-order valence-electron chi connectivity index (χ1n) is 6.42. The first-order chi connectivity index (χ1) is 7.40. The SMILES string of the molecule is CCNCC1CCN(C2CCOCC2)C1. The van der Waals surface area contributed by atoms with Crippen LogP contribution in [0.5, 0.6) is 0 Å². The second-order valence-corrected chi connectivity index (χ2v) is 4.80. The van der Waals surface area contributed by atoms with Gasteiger partial charge in [0.25, 0.3) is 0 Å². The molecule has 0 aromatic rings. The Morgan fingerprint density at radius 3 is 2.80 bits per heavy atom. The van der Waals surface area contributed by atoms with Gasteiger partial charge in [0.1, 0.15) is 0 Å². The fourth-order valence-corrected chi connectivity index (χ4v) is 2.76. The number of hydrogen-bond donors (Lipinski definition) is 1. The maximum absolute atomic E-state index is 5.41. The molecule has 2 rings (SSSR count). The minimum absolute atomic E-state index is 0.811. The molecular weight excluding hydrogens is 188 g/mol. The molecule has 0 aromatic carbocycles. The van der Waals surface area contributed by atoms with Gasteiger partial charge in [-0.15, -0.1) is 0 Å². The minimum Gasteiger partial charge on any atom is -0.381 e. The molecule has 1 N–H and O–H groups in total. The van der Waals surface area contributed by atoms with Gasteiger partial charge in [-0.2, -0.15) is 0 Å². The average molecular weight is 212 g/mol. The Bertz CT molecular complexity index is 180. The Kier molecular flexibility index (Phi) is 4.42. The lowest BCUT2D eigenvalue weighted by atomic mass is 10.1. The summed E-state index contributed by atoms with van der Waals surface area (Å²) in [5, 5.41) is 3.46. The van der Waals surface area contributed by atoms with Crippen LogP contribution in [0.2, 0.25) is 0 Å². The van der Waals surface area contributed by atoms with E-state index < -0.39 is 0 Å². The number of rotatable bonds is 4. The van der Waals surface area contributed by atoms with Gasteiger partial charge < -0.3 is 10.1 Å². The van der Waals surface area contributed by atoms with Crippen molar-refractivity contribution >= 4 is 0 Å². The van der Waals surface area contributed by atoms with Crippen molar-refractivity contribution in [1.82, 2.24) is 10.2 Å². The maximum atomic E-state index is 5.41. The summed E-state index contributed by atoms with van der Waals surface area (Å²) in [5.74, 6) is 0.882. The van der Waals surface area contributed by atoms with Crippen LogP contribution in [0.25, 0.3) is 0 Å². The van der Waals surface area contributed by atoms with Gasteiger partial charge in [0, 0.05) is 25.8 Å². The lowest BCUT2D eigenvalue weighted by Crippen LogP contribution is -2.38. The van der Waals surface area contributed by atoms with Crippen LogP contribution in [-0.2, 0) is 4.74 Å². The Morgan fingerprint density at radius 1 is 1.27 bits per heavy atom. The Labute approximate surface area is 93.2 Å². The first-order valence-corrected chi connectivity index (χ1v) is 6.42. The molecule has 0 radical (unpaired) electrons. The smallest absolute Gasteiger partial charge is 0.0480 e. The molecule has 2 aliphatic rings. The number of nitrogens with zero attached hydrogens (tertiary/aromatic N) is 1. The number of ether oxygens (including phenoxy) is 1. The van der Waals surface area contributed by atoms with Crippen molar-refractivity contribution in [2.45, 2.75) is 32.2 Å². The van der Waals surface area contributed by atoms with Crippen LogP contribution in [-0.4, -0.2) is 50.3 Å². The molecule has 1 atom stereocenters. The van der Waals surface area contributed by atoms with E-state index in [2.05, 4.69) is 17.1 Å². The molecule has 0 saturated carbocycles. The van der Waals surface area contributed by atoms with Gasteiger partial charge in [-0.05, 0) is 44.8 Å². The summed E-state index contributed by atoms with van der Waals surface area (Å²) in [5.41, 5.74) is 0. The second kappa shape index (κ2) is 5.83. The summed E-state index contributed by atoms with van der Waals surface area (Å²) >= 11 is 0. The summed E-state index contributed by atoms with van der Waals surface area (Å²) in [4.78, 5) is 2.69. The molecule has 0 spiro atoms. The second-order valence-electron chi connectivity index (χ2n) is 4.80. The molecule has 3 nitrogen and oxygen atoms in total. The van der Waals surface area contributed by atoms with Crippen LogP contribution in [0.15, 0.2) is 0 Å². The molecule has 0 bridgehead atoms. The van der Waals surface area contributed by atoms with Crippen molar-refractivity contribution in [1.29, 1.82) is 0 Å². The molecule has 88 valence electrons. The van der Waals surface area contributed by atoms with Crippen molar-refractivity contribution in [2.75, 3.05) is 39.4 Å². The van der Waals surface area contributed by atoms with Crippen LogP contribution >= 0.6 is 0 Å². The van der Waals surface area contributed by atoms with Gasteiger partial charge in [0.05, 0.1) is 0 Å². The Morgan fingerprint density at radius 2 is 2.07 bits per heavy atom. The largest absolute Gasteiger partial charge is 0.381 e. The first kappa shape index (κ1) is 11.4. The van der Waals surface area contributed by atoms with E-state index in [-0.39, 0.29) is 0 Å². The van der Waals surface area contributed by atoms with Crippen molar-refractivity contribution in [3.8, 4) is 0 Å². The van der Waals surface area contributed by atoms with E-state index in [0.29, 0.717) is 0 Å². The van der Waals surface area contributed by atoms with E-state index in [4.69, 9.17) is 4.74 Å². The van der Waals surface area contributed by atoms with Crippen molar-refractivity contribution < 1.29 is 4.74 Å². The molecule has 2 heterocycles. The summed E-state index contributed by atoms with van der Waals surface area (Å²) in [6.45, 7) is 9.05. The lowest BCUT2D eigenvalue weighted by Gasteiger charge is -2.31. The van der Waals surface area contributed by atoms with E-state index in [1.165, 1.54) is 38.9 Å². The number of likely N-dealkylation sites (tertiary alicyclic amines) is 1. The lowest BCUT2D eigenvalue weighted by molar-refractivity contribution is 0.0411. The fraction of sp³-hybridized carbons (Fsp3) is 1.00. The van der Waals surface area contributed by atoms with E-state index in [0.717, 1.165) is 31.7 Å². The third kappa shape index (κ3) is 3.16. The zero-order chi connectivity index (χ0) is 10.5. The van der Waals surface area contributed by atoms with Gasteiger partial charge in [-0.3, -0.25) is 4.90 Å². The highest BCUT2D eigenvalue weighted by molar-refractivity contribution is 4.83. The highest BCUT2D eigenvalue weighted by Crippen LogP contribution is 2.23. The number of nitrogens with one attached hydrogen (secondary N) is 1. The summed E-state index contributed by atoms with van der Waals surface area (Å²) in [7, 11) is 0. The van der Waals surface area contributed by atoms with Crippen LogP contribution in [0, 0.1) is 5.92 Å². The van der Waals surface area contributed by atoms with Crippen LogP contribution in [0.4, 0.5) is 0 Å². The molecule has 2 aliphatic heterocycles. The highest BCUT2D eigenvalue weighted by atomic mass is 16.5. The summed E-state index contributed by atoms with van der Waals surface area (Å²) in [6, 6.07) is 0.811. The molecule has 1 unspecified atom stereocenters. The van der Waals surface area contributed by atoms with Gasteiger partial charge >= 0.3 is 0 Å². The molecular formula is C12H24N2O. The van der Waals surface area contributed by atoms with Crippen LogP contribution in [0.1, 0.15) is 26.2 Å². The van der Waals surface area contributed by atoms with Gasteiger partial charge in [0.15, 0.2) is 0 Å². The van der Waals surface area contributed by atoms with Crippen LogP contribution < -0.4 is 5.32 Å². The van der Waals surface area contributed by atoms with Crippen molar-refractivity contribution in [3.63, 3.8) is 0 Å². The molecule has 0 aliphatic carbocycles. The summed E-state index contributed by atoms with van der Waals surface area (Å²) < 4.78 is 5.41. The zero-order valence-corrected chi connectivity index (χ0v) is 9.87. The molecule has 3 heteroatoms. The topological polar surface area (TPSA) is 24.5 Å². The van der Waals surface area contributed by atoms with Crippen LogP contribution in [0.3, 0.4) is 0 Å². The molecule has 15 heavy (non-hydrogen) atoms. The normalized spacial score (nSPS) is 29.8. The third-order valence-electron chi connectivity index (χ3n) is 3.71. The molecule has 0 amide bonds.